The molecule has 0 amide bonds. The summed E-state index contributed by atoms with van der Waals surface area (Å²) < 4.78 is 11.9. The SMILES string of the molecule is OC(CNCCOc1ccc2c(c1)[nH]c1ccccc12)c1ccccc1OCc1ccccc1. The number of aliphatic hydroxyl groups excluding tert-OH is 1. The standard InChI is InChI=1S/C29H28N2O3/c32-28(25-11-5-7-13-29(25)34-20-21-8-2-1-3-9-21)19-30-16-17-33-22-14-15-24-23-10-4-6-12-26(23)31-27(24)18-22/h1-15,18,28,30-32H,16-17,19-20H2. The molecule has 4 aromatic carbocycles. The Labute approximate surface area is 199 Å². The van der Waals surface area contributed by atoms with Gasteiger partial charge in [0.1, 0.15) is 24.7 Å². The molecule has 1 unspecified atom stereocenters. The number of benzene rings is 4. The van der Waals surface area contributed by atoms with E-state index in [1.54, 1.807) is 0 Å². The van der Waals surface area contributed by atoms with Crippen LogP contribution in [0.3, 0.4) is 0 Å². The van der Waals surface area contributed by atoms with Gasteiger partial charge in [0, 0.05) is 41.0 Å². The number of rotatable bonds is 10. The number of H-pyrrole nitrogens is 1. The van der Waals surface area contributed by atoms with E-state index in [1.807, 2.05) is 78.9 Å². The first-order valence-electron chi connectivity index (χ1n) is 11.6. The highest BCUT2D eigenvalue weighted by Gasteiger charge is 2.13. The Morgan fingerprint density at radius 3 is 2.44 bits per heavy atom. The first kappa shape index (κ1) is 22.0. The van der Waals surface area contributed by atoms with Crippen molar-refractivity contribution in [1.82, 2.24) is 10.3 Å². The lowest BCUT2D eigenvalue weighted by Gasteiger charge is -2.17. The molecule has 1 aromatic heterocycles. The van der Waals surface area contributed by atoms with Crippen molar-refractivity contribution in [2.75, 3.05) is 19.7 Å². The van der Waals surface area contributed by atoms with Crippen LogP contribution in [0.2, 0.25) is 0 Å². The van der Waals surface area contributed by atoms with Gasteiger partial charge in [-0.15, -0.1) is 0 Å². The molecule has 0 spiro atoms. The molecule has 0 aliphatic heterocycles. The molecule has 5 aromatic rings. The predicted octanol–water partition coefficient (Wildman–Crippen LogP) is 5.60. The summed E-state index contributed by atoms with van der Waals surface area (Å²) in [5.74, 6) is 1.52. The Bertz CT molecular complexity index is 1360. The molecule has 0 aliphatic rings. The van der Waals surface area contributed by atoms with E-state index in [-0.39, 0.29) is 0 Å². The van der Waals surface area contributed by atoms with Crippen LogP contribution in [-0.2, 0) is 6.61 Å². The van der Waals surface area contributed by atoms with Crippen LogP contribution in [0, 0.1) is 0 Å². The third kappa shape index (κ3) is 5.06. The zero-order chi connectivity index (χ0) is 23.2. The number of hydrogen-bond acceptors (Lipinski definition) is 4. The lowest BCUT2D eigenvalue weighted by atomic mass is 10.1. The normalized spacial score (nSPS) is 12.1. The smallest absolute Gasteiger partial charge is 0.125 e. The number of aromatic nitrogens is 1. The first-order chi connectivity index (χ1) is 16.8. The molecule has 0 fully saturated rings. The number of nitrogens with one attached hydrogen (secondary N) is 2. The fraction of sp³-hybridized carbons (Fsp3) is 0.172. The molecule has 0 radical (unpaired) electrons. The molecular formula is C29H28N2O3. The van der Waals surface area contributed by atoms with Gasteiger partial charge in [0.2, 0.25) is 0 Å². The summed E-state index contributed by atoms with van der Waals surface area (Å²) in [6.07, 6.45) is -0.672. The van der Waals surface area contributed by atoms with Crippen LogP contribution in [0.4, 0.5) is 0 Å². The van der Waals surface area contributed by atoms with Crippen molar-refractivity contribution in [3.8, 4) is 11.5 Å². The van der Waals surface area contributed by atoms with E-state index >= 15 is 0 Å². The maximum absolute atomic E-state index is 10.7. The lowest BCUT2D eigenvalue weighted by molar-refractivity contribution is 0.165. The zero-order valence-corrected chi connectivity index (χ0v) is 18.9. The van der Waals surface area contributed by atoms with Gasteiger partial charge in [-0.05, 0) is 29.8 Å². The lowest BCUT2D eigenvalue weighted by Crippen LogP contribution is -2.26. The Kier molecular flexibility index (Phi) is 6.75. The van der Waals surface area contributed by atoms with E-state index in [1.165, 1.54) is 10.8 Å². The largest absolute Gasteiger partial charge is 0.492 e. The molecule has 34 heavy (non-hydrogen) atoms. The van der Waals surface area contributed by atoms with Crippen molar-refractivity contribution in [3.63, 3.8) is 0 Å². The van der Waals surface area contributed by atoms with Crippen molar-refractivity contribution < 1.29 is 14.6 Å². The highest BCUT2D eigenvalue weighted by Crippen LogP contribution is 2.28. The third-order valence-corrected chi connectivity index (χ3v) is 5.88. The molecular weight excluding hydrogens is 424 g/mol. The predicted molar refractivity (Wildman–Crippen MR) is 136 cm³/mol. The minimum Gasteiger partial charge on any atom is -0.492 e. The Morgan fingerprint density at radius 1 is 0.765 bits per heavy atom. The third-order valence-electron chi connectivity index (χ3n) is 5.88. The molecule has 1 heterocycles. The monoisotopic (exact) mass is 452 g/mol. The second kappa shape index (κ2) is 10.4. The van der Waals surface area contributed by atoms with Crippen LogP contribution in [0.25, 0.3) is 21.8 Å². The number of aromatic amines is 1. The minimum absolute atomic E-state index is 0.413. The van der Waals surface area contributed by atoms with E-state index in [9.17, 15) is 5.11 Å². The van der Waals surface area contributed by atoms with Gasteiger partial charge >= 0.3 is 0 Å². The number of fused-ring (bicyclic) bond motifs is 3. The van der Waals surface area contributed by atoms with Crippen LogP contribution in [-0.4, -0.2) is 29.8 Å². The summed E-state index contributed by atoms with van der Waals surface area (Å²) in [5, 5.41) is 16.4. The summed E-state index contributed by atoms with van der Waals surface area (Å²) in [5.41, 5.74) is 4.05. The molecule has 1 atom stereocenters. The van der Waals surface area contributed by atoms with Gasteiger partial charge in [0.25, 0.3) is 0 Å². The quantitative estimate of drug-likeness (QED) is 0.241. The maximum atomic E-state index is 10.7. The average molecular weight is 453 g/mol. The molecule has 3 N–H and O–H groups in total. The van der Waals surface area contributed by atoms with Gasteiger partial charge in [-0.25, -0.2) is 0 Å². The van der Waals surface area contributed by atoms with Crippen LogP contribution >= 0.6 is 0 Å². The fourth-order valence-corrected chi connectivity index (χ4v) is 4.14. The van der Waals surface area contributed by atoms with Crippen LogP contribution in [0.1, 0.15) is 17.2 Å². The molecule has 0 saturated heterocycles. The second-order valence-corrected chi connectivity index (χ2v) is 8.26. The highest BCUT2D eigenvalue weighted by molar-refractivity contribution is 6.07. The summed E-state index contributed by atoms with van der Waals surface area (Å²) in [7, 11) is 0. The number of hydrogen-bond donors (Lipinski definition) is 3. The summed E-state index contributed by atoms with van der Waals surface area (Å²) in [6.45, 7) is 2.00. The van der Waals surface area contributed by atoms with Gasteiger partial charge in [-0.3, -0.25) is 0 Å². The number of ether oxygens (including phenoxy) is 2. The summed E-state index contributed by atoms with van der Waals surface area (Å²) in [4.78, 5) is 3.44. The number of para-hydroxylation sites is 2. The molecule has 0 bridgehead atoms. The van der Waals surface area contributed by atoms with Crippen molar-refractivity contribution in [3.05, 3.63) is 108 Å². The average Bonchev–Trinajstić information content (AvgIpc) is 3.26. The summed E-state index contributed by atoms with van der Waals surface area (Å²) >= 11 is 0. The Hall–Kier alpha value is -3.80. The van der Waals surface area contributed by atoms with Crippen LogP contribution < -0.4 is 14.8 Å². The summed E-state index contributed by atoms with van der Waals surface area (Å²) in [6, 6.07) is 32.0. The molecule has 172 valence electrons. The van der Waals surface area contributed by atoms with Gasteiger partial charge in [-0.1, -0.05) is 66.7 Å². The second-order valence-electron chi connectivity index (χ2n) is 8.26. The van der Waals surface area contributed by atoms with Gasteiger partial charge < -0.3 is 24.9 Å². The van der Waals surface area contributed by atoms with Crippen molar-refractivity contribution in [1.29, 1.82) is 0 Å². The van der Waals surface area contributed by atoms with Crippen LogP contribution in [0.5, 0.6) is 11.5 Å². The van der Waals surface area contributed by atoms with Gasteiger partial charge in [-0.2, -0.15) is 0 Å². The molecule has 0 saturated carbocycles. The minimum atomic E-state index is -0.672. The molecule has 5 rings (SSSR count). The van der Waals surface area contributed by atoms with E-state index in [4.69, 9.17) is 9.47 Å². The van der Waals surface area contributed by atoms with Gasteiger partial charge in [0.15, 0.2) is 0 Å². The van der Waals surface area contributed by atoms with Crippen molar-refractivity contribution >= 4 is 21.8 Å². The van der Waals surface area contributed by atoms with Crippen molar-refractivity contribution in [2.24, 2.45) is 0 Å². The van der Waals surface area contributed by atoms with Crippen molar-refractivity contribution in [2.45, 2.75) is 12.7 Å². The van der Waals surface area contributed by atoms with Crippen LogP contribution in [0.15, 0.2) is 97.1 Å². The van der Waals surface area contributed by atoms with E-state index in [2.05, 4.69) is 28.5 Å². The topological polar surface area (TPSA) is 66.5 Å². The Balaban J connectivity index is 1.11. The zero-order valence-electron chi connectivity index (χ0n) is 18.9. The van der Waals surface area contributed by atoms with E-state index in [0.29, 0.717) is 32.1 Å². The van der Waals surface area contributed by atoms with E-state index in [0.717, 1.165) is 27.9 Å². The highest BCUT2D eigenvalue weighted by atomic mass is 16.5. The first-order valence-corrected chi connectivity index (χ1v) is 11.6. The maximum Gasteiger partial charge on any atom is 0.125 e. The van der Waals surface area contributed by atoms with E-state index < -0.39 is 6.10 Å². The molecule has 5 nitrogen and oxygen atoms in total. The van der Waals surface area contributed by atoms with Gasteiger partial charge in [0.05, 0.1) is 11.6 Å². The number of aliphatic hydroxyl groups is 1. The Morgan fingerprint density at radius 2 is 1.53 bits per heavy atom. The molecule has 5 heteroatoms. The molecule has 0 aliphatic carbocycles. The fourth-order valence-electron chi connectivity index (χ4n) is 4.14.